The quantitative estimate of drug-likeness (QED) is 0.477. The van der Waals surface area contributed by atoms with Gasteiger partial charge in [0.2, 0.25) is 0 Å². The standard InChI is InChI=1S/C22H20F4N2O4/c1-13(2)31-12-11-28-20(29)18(14-3-5-15(23)6-4-14)19(21(28)30)27-16-7-9-17(10-8-16)32-22(24,25)26/h3-10,13,27H,11-12H2,1-2H3. The van der Waals surface area contributed by atoms with E-state index in [0.29, 0.717) is 5.56 Å². The molecule has 0 aliphatic carbocycles. The zero-order valence-electron chi connectivity index (χ0n) is 17.2. The van der Waals surface area contributed by atoms with Gasteiger partial charge >= 0.3 is 6.36 Å². The molecule has 0 saturated heterocycles. The van der Waals surface area contributed by atoms with E-state index in [1.54, 1.807) is 0 Å². The minimum Gasteiger partial charge on any atom is -0.406 e. The molecule has 0 atom stereocenters. The number of nitrogens with one attached hydrogen (secondary N) is 1. The maximum Gasteiger partial charge on any atom is 0.573 e. The summed E-state index contributed by atoms with van der Waals surface area (Å²) in [4.78, 5) is 27.0. The van der Waals surface area contributed by atoms with Gasteiger partial charge in [-0.05, 0) is 55.8 Å². The fraction of sp³-hybridized carbons (Fsp3) is 0.273. The highest BCUT2D eigenvalue weighted by molar-refractivity contribution is 6.36. The van der Waals surface area contributed by atoms with E-state index in [2.05, 4.69) is 10.1 Å². The number of anilines is 1. The molecule has 0 unspecified atom stereocenters. The van der Waals surface area contributed by atoms with Gasteiger partial charge in [0, 0.05) is 5.69 Å². The number of ether oxygens (including phenoxy) is 2. The van der Waals surface area contributed by atoms with Crippen LogP contribution < -0.4 is 10.1 Å². The Kier molecular flexibility index (Phi) is 6.83. The highest BCUT2D eigenvalue weighted by Gasteiger charge is 2.39. The molecule has 170 valence electrons. The van der Waals surface area contributed by atoms with Gasteiger partial charge in [-0.1, -0.05) is 12.1 Å². The molecule has 1 aliphatic rings. The van der Waals surface area contributed by atoms with Crippen LogP contribution in [0.25, 0.3) is 5.57 Å². The highest BCUT2D eigenvalue weighted by Crippen LogP contribution is 2.31. The first kappa shape index (κ1) is 23.3. The molecule has 32 heavy (non-hydrogen) atoms. The van der Waals surface area contributed by atoms with Crippen LogP contribution in [0.4, 0.5) is 23.2 Å². The van der Waals surface area contributed by atoms with Crippen LogP contribution in [0, 0.1) is 5.82 Å². The molecule has 0 bridgehead atoms. The Morgan fingerprint density at radius 1 is 0.969 bits per heavy atom. The van der Waals surface area contributed by atoms with E-state index < -0.39 is 29.7 Å². The number of imide groups is 1. The molecule has 3 rings (SSSR count). The first-order valence-electron chi connectivity index (χ1n) is 9.66. The van der Waals surface area contributed by atoms with Crippen LogP contribution in [-0.2, 0) is 14.3 Å². The Morgan fingerprint density at radius 3 is 2.16 bits per heavy atom. The summed E-state index contributed by atoms with van der Waals surface area (Å²) in [6.45, 7) is 3.76. The normalized spacial score (nSPS) is 14.5. The minimum absolute atomic E-state index is 0.00405. The van der Waals surface area contributed by atoms with Crippen LogP contribution in [0.3, 0.4) is 0 Å². The molecule has 0 saturated carbocycles. The molecule has 0 fully saturated rings. The summed E-state index contributed by atoms with van der Waals surface area (Å²) in [7, 11) is 0. The number of carbonyl (C=O) groups excluding carboxylic acids is 2. The number of halogens is 4. The summed E-state index contributed by atoms with van der Waals surface area (Å²) in [6, 6.07) is 9.75. The number of benzene rings is 2. The summed E-state index contributed by atoms with van der Waals surface area (Å²) in [5.41, 5.74) is 0.526. The van der Waals surface area contributed by atoms with Crippen molar-refractivity contribution in [2.75, 3.05) is 18.5 Å². The zero-order valence-corrected chi connectivity index (χ0v) is 17.2. The number of carbonyl (C=O) groups is 2. The Bertz CT molecular complexity index is 1020. The van der Waals surface area contributed by atoms with Crippen LogP contribution in [0.5, 0.6) is 5.75 Å². The van der Waals surface area contributed by atoms with Crippen molar-refractivity contribution in [1.29, 1.82) is 0 Å². The van der Waals surface area contributed by atoms with Gasteiger partial charge in [-0.15, -0.1) is 13.2 Å². The van der Waals surface area contributed by atoms with Crippen molar-refractivity contribution < 1.29 is 36.6 Å². The zero-order chi connectivity index (χ0) is 23.5. The molecule has 1 aliphatic heterocycles. The third kappa shape index (κ3) is 5.64. The Labute approximate surface area is 181 Å². The number of rotatable bonds is 8. The van der Waals surface area contributed by atoms with Crippen LogP contribution in [0.2, 0.25) is 0 Å². The van der Waals surface area contributed by atoms with Gasteiger partial charge in [-0.3, -0.25) is 14.5 Å². The average molecular weight is 452 g/mol. The summed E-state index contributed by atoms with van der Waals surface area (Å²) in [6.07, 6.45) is -4.93. The second-order valence-corrected chi connectivity index (χ2v) is 7.14. The molecule has 10 heteroatoms. The van der Waals surface area contributed by atoms with Crippen LogP contribution in [-0.4, -0.2) is 42.3 Å². The number of hydrogen-bond donors (Lipinski definition) is 1. The first-order chi connectivity index (χ1) is 15.0. The predicted octanol–water partition coefficient (Wildman–Crippen LogP) is 4.34. The van der Waals surface area contributed by atoms with Gasteiger partial charge in [0.05, 0.1) is 24.8 Å². The monoisotopic (exact) mass is 452 g/mol. The first-order valence-corrected chi connectivity index (χ1v) is 9.66. The van der Waals surface area contributed by atoms with Gasteiger partial charge in [-0.2, -0.15) is 0 Å². The SMILES string of the molecule is CC(C)OCCN1C(=O)C(Nc2ccc(OC(F)(F)F)cc2)=C(c2ccc(F)cc2)C1=O. The molecule has 0 aromatic heterocycles. The maximum atomic E-state index is 13.4. The summed E-state index contributed by atoms with van der Waals surface area (Å²) < 4.78 is 59.7. The third-order valence-electron chi connectivity index (χ3n) is 4.42. The molecule has 1 heterocycles. The molecule has 6 nitrogen and oxygen atoms in total. The largest absolute Gasteiger partial charge is 0.573 e. The Morgan fingerprint density at radius 2 is 1.59 bits per heavy atom. The van der Waals surface area contributed by atoms with E-state index in [1.807, 2.05) is 13.8 Å². The van der Waals surface area contributed by atoms with Crippen molar-refractivity contribution >= 4 is 23.1 Å². The predicted molar refractivity (Wildman–Crippen MR) is 108 cm³/mol. The fourth-order valence-corrected chi connectivity index (χ4v) is 3.04. The van der Waals surface area contributed by atoms with Crippen LogP contribution in [0.1, 0.15) is 19.4 Å². The van der Waals surface area contributed by atoms with Crippen molar-refractivity contribution in [3.8, 4) is 5.75 Å². The maximum absolute atomic E-state index is 13.4. The minimum atomic E-state index is -4.83. The van der Waals surface area contributed by atoms with Crippen molar-refractivity contribution in [2.24, 2.45) is 0 Å². The van der Waals surface area contributed by atoms with Gasteiger partial charge in [0.15, 0.2) is 0 Å². The Hall–Kier alpha value is -3.40. The second kappa shape index (κ2) is 9.39. The number of hydrogen-bond acceptors (Lipinski definition) is 5. The van der Waals surface area contributed by atoms with E-state index in [4.69, 9.17) is 4.74 Å². The van der Waals surface area contributed by atoms with Gasteiger partial charge in [0.25, 0.3) is 11.8 Å². The Balaban J connectivity index is 1.89. The number of nitrogens with zero attached hydrogens (tertiary/aromatic N) is 1. The third-order valence-corrected chi connectivity index (χ3v) is 4.42. The molecule has 2 aromatic carbocycles. The van der Waals surface area contributed by atoms with Crippen molar-refractivity contribution in [3.05, 3.63) is 65.6 Å². The van der Waals surface area contributed by atoms with Crippen LogP contribution in [0.15, 0.2) is 54.2 Å². The lowest BCUT2D eigenvalue weighted by molar-refractivity contribution is -0.274. The summed E-state index contributed by atoms with van der Waals surface area (Å²) in [5.74, 6) is -2.16. The van der Waals surface area contributed by atoms with Gasteiger partial charge in [-0.25, -0.2) is 4.39 Å². The van der Waals surface area contributed by atoms with E-state index >= 15 is 0 Å². The smallest absolute Gasteiger partial charge is 0.406 e. The lowest BCUT2D eigenvalue weighted by Crippen LogP contribution is -2.35. The van der Waals surface area contributed by atoms with Gasteiger partial charge in [0.1, 0.15) is 17.3 Å². The molecular weight excluding hydrogens is 432 g/mol. The number of alkyl halides is 3. The van der Waals surface area contributed by atoms with Crippen LogP contribution >= 0.6 is 0 Å². The molecule has 0 spiro atoms. The average Bonchev–Trinajstić information content (AvgIpc) is 2.93. The van der Waals surface area contributed by atoms with E-state index in [9.17, 15) is 27.2 Å². The van der Waals surface area contributed by atoms with E-state index in [0.717, 1.165) is 29.2 Å². The van der Waals surface area contributed by atoms with Crippen molar-refractivity contribution in [2.45, 2.75) is 26.3 Å². The van der Waals surface area contributed by atoms with Crippen molar-refractivity contribution in [3.63, 3.8) is 0 Å². The molecule has 0 radical (unpaired) electrons. The molecular formula is C22H20F4N2O4. The van der Waals surface area contributed by atoms with E-state index in [-0.39, 0.29) is 36.2 Å². The summed E-state index contributed by atoms with van der Waals surface area (Å²) in [5, 5.41) is 2.80. The second-order valence-electron chi connectivity index (χ2n) is 7.14. The topological polar surface area (TPSA) is 67.9 Å². The highest BCUT2D eigenvalue weighted by atomic mass is 19.4. The lowest BCUT2D eigenvalue weighted by atomic mass is 10.0. The number of amides is 2. The lowest BCUT2D eigenvalue weighted by Gasteiger charge is -2.16. The van der Waals surface area contributed by atoms with Crippen molar-refractivity contribution in [1.82, 2.24) is 4.90 Å². The molecule has 1 N–H and O–H groups in total. The van der Waals surface area contributed by atoms with Gasteiger partial charge < -0.3 is 14.8 Å². The molecule has 2 amide bonds. The fourth-order valence-electron chi connectivity index (χ4n) is 3.04. The molecule has 2 aromatic rings. The summed E-state index contributed by atoms with van der Waals surface area (Å²) >= 11 is 0. The van der Waals surface area contributed by atoms with E-state index in [1.165, 1.54) is 24.3 Å².